The largest absolute Gasteiger partial charge is 0.492 e. The van der Waals surface area contributed by atoms with Gasteiger partial charge in [0.15, 0.2) is 0 Å². The van der Waals surface area contributed by atoms with Crippen LogP contribution < -0.4 is 14.4 Å². The van der Waals surface area contributed by atoms with E-state index in [4.69, 9.17) is 27.9 Å². The Balaban J connectivity index is 1.71. The lowest BCUT2D eigenvalue weighted by molar-refractivity contribution is -0.119. The van der Waals surface area contributed by atoms with E-state index in [0.29, 0.717) is 46.1 Å². The van der Waals surface area contributed by atoms with Crippen LogP contribution in [0.15, 0.2) is 71.6 Å². The van der Waals surface area contributed by atoms with Crippen LogP contribution in [0.4, 0.5) is 5.69 Å². The molecule has 0 aliphatic carbocycles. The third kappa shape index (κ3) is 7.32. The molecule has 0 bridgehead atoms. The van der Waals surface area contributed by atoms with Gasteiger partial charge in [-0.25, -0.2) is 8.42 Å². The number of ether oxygens (including phenoxy) is 1. The minimum absolute atomic E-state index is 0.0966. The molecule has 0 unspecified atom stereocenters. The van der Waals surface area contributed by atoms with Gasteiger partial charge in [-0.3, -0.25) is 9.10 Å². The average molecular weight is 568 g/mol. The summed E-state index contributed by atoms with van der Waals surface area (Å²) < 4.78 is 33.9. The molecule has 0 aliphatic heterocycles. The van der Waals surface area contributed by atoms with Crippen molar-refractivity contribution in [3.8, 4) is 5.75 Å². The van der Waals surface area contributed by atoms with Crippen molar-refractivity contribution in [2.24, 2.45) is 0 Å². The average Bonchev–Trinajstić information content (AvgIpc) is 2.85. The molecule has 0 spiro atoms. The van der Waals surface area contributed by atoms with E-state index >= 15 is 0 Å². The highest BCUT2D eigenvalue weighted by atomic mass is 35.5. The number of amides is 1. The fourth-order valence-corrected chi connectivity index (χ4v) is 6.40. The molecule has 6 nitrogen and oxygen atoms in total. The maximum atomic E-state index is 13.6. The summed E-state index contributed by atoms with van der Waals surface area (Å²) in [6.45, 7) is 4.02. The number of sulfonamides is 1. The molecule has 1 amide bonds. The molecule has 0 radical (unpaired) electrons. The highest BCUT2D eigenvalue weighted by Gasteiger charge is 2.29. The SMILES string of the molecule is CCOc1ccccc1N(CC(=O)NCCSCc1c(Cl)cccc1Cl)S(=O)(=O)c1ccc(C)cc1. The summed E-state index contributed by atoms with van der Waals surface area (Å²) in [6, 6.07) is 18.7. The molecule has 10 heteroatoms. The predicted molar refractivity (Wildman–Crippen MR) is 149 cm³/mol. The Hall–Kier alpha value is -2.39. The number of hydrogen-bond acceptors (Lipinski definition) is 5. The second-order valence-corrected chi connectivity index (χ2v) is 11.6. The summed E-state index contributed by atoms with van der Waals surface area (Å²) in [5.74, 6) is 1.17. The topological polar surface area (TPSA) is 75.7 Å². The molecule has 0 atom stereocenters. The van der Waals surface area contributed by atoms with Crippen molar-refractivity contribution in [1.29, 1.82) is 0 Å². The molecule has 0 heterocycles. The monoisotopic (exact) mass is 566 g/mol. The van der Waals surface area contributed by atoms with E-state index < -0.39 is 15.9 Å². The van der Waals surface area contributed by atoms with Crippen molar-refractivity contribution in [2.45, 2.75) is 24.5 Å². The molecule has 1 N–H and O–H groups in total. The highest BCUT2D eigenvalue weighted by molar-refractivity contribution is 7.98. The number of benzene rings is 3. The van der Waals surface area contributed by atoms with Crippen LogP contribution >= 0.6 is 35.0 Å². The van der Waals surface area contributed by atoms with Crippen molar-refractivity contribution in [2.75, 3.05) is 29.8 Å². The van der Waals surface area contributed by atoms with E-state index in [2.05, 4.69) is 5.32 Å². The Morgan fingerprint density at radius 1 is 1.00 bits per heavy atom. The van der Waals surface area contributed by atoms with Gasteiger partial charge in [-0.2, -0.15) is 11.8 Å². The number of carbonyl (C=O) groups excluding carboxylic acids is 1. The molecule has 0 fully saturated rings. The number of aryl methyl sites for hydroxylation is 1. The van der Waals surface area contributed by atoms with E-state index in [1.807, 2.05) is 13.8 Å². The quantitative estimate of drug-likeness (QED) is 0.274. The first-order valence-corrected chi connectivity index (χ1v) is 14.7. The van der Waals surface area contributed by atoms with Crippen molar-refractivity contribution >= 4 is 56.6 Å². The van der Waals surface area contributed by atoms with Crippen LogP contribution in [-0.4, -0.2) is 39.8 Å². The normalized spacial score (nSPS) is 11.2. The zero-order valence-electron chi connectivity index (χ0n) is 20.0. The zero-order chi connectivity index (χ0) is 26.1. The molecule has 0 saturated carbocycles. The van der Waals surface area contributed by atoms with Crippen molar-refractivity contribution < 1.29 is 17.9 Å². The van der Waals surface area contributed by atoms with Crippen LogP contribution in [0.5, 0.6) is 5.75 Å². The Morgan fingerprint density at radius 2 is 1.67 bits per heavy atom. The fourth-order valence-electron chi connectivity index (χ4n) is 3.37. The third-order valence-electron chi connectivity index (χ3n) is 5.21. The van der Waals surface area contributed by atoms with Crippen LogP contribution in [0.1, 0.15) is 18.1 Å². The molecule has 192 valence electrons. The van der Waals surface area contributed by atoms with E-state index in [9.17, 15) is 13.2 Å². The molecule has 3 rings (SSSR count). The van der Waals surface area contributed by atoms with Crippen LogP contribution in [0.2, 0.25) is 10.0 Å². The van der Waals surface area contributed by atoms with Gasteiger partial charge in [0, 0.05) is 28.1 Å². The van der Waals surface area contributed by atoms with E-state index in [1.54, 1.807) is 66.4 Å². The molecule has 3 aromatic rings. The molecule has 0 aromatic heterocycles. The smallest absolute Gasteiger partial charge is 0.264 e. The van der Waals surface area contributed by atoms with E-state index in [-0.39, 0.29) is 11.4 Å². The van der Waals surface area contributed by atoms with Gasteiger partial charge in [0.25, 0.3) is 10.0 Å². The number of thioether (sulfide) groups is 1. The minimum atomic E-state index is -4.03. The summed E-state index contributed by atoms with van der Waals surface area (Å²) in [7, 11) is -4.03. The maximum absolute atomic E-state index is 13.6. The van der Waals surface area contributed by atoms with Gasteiger partial charge in [-0.1, -0.05) is 59.1 Å². The highest BCUT2D eigenvalue weighted by Crippen LogP contribution is 2.32. The third-order valence-corrected chi connectivity index (χ3v) is 8.67. The van der Waals surface area contributed by atoms with Crippen LogP contribution in [0, 0.1) is 6.92 Å². The second-order valence-electron chi connectivity index (χ2n) is 7.83. The van der Waals surface area contributed by atoms with Gasteiger partial charge in [0.1, 0.15) is 12.3 Å². The van der Waals surface area contributed by atoms with Gasteiger partial charge in [-0.15, -0.1) is 0 Å². The molecule has 0 aliphatic rings. The number of nitrogens with one attached hydrogen (secondary N) is 1. The predicted octanol–water partition coefficient (Wildman–Crippen LogP) is 5.95. The number of rotatable bonds is 12. The second kappa shape index (κ2) is 13.2. The zero-order valence-corrected chi connectivity index (χ0v) is 23.2. The number of carbonyl (C=O) groups is 1. The van der Waals surface area contributed by atoms with E-state index in [0.717, 1.165) is 15.4 Å². The first kappa shape index (κ1) is 28.2. The summed E-state index contributed by atoms with van der Waals surface area (Å²) in [5, 5.41) is 4.01. The lowest BCUT2D eigenvalue weighted by Gasteiger charge is -2.26. The molecule has 3 aromatic carbocycles. The van der Waals surface area contributed by atoms with Gasteiger partial charge >= 0.3 is 0 Å². The summed E-state index contributed by atoms with van der Waals surface area (Å²) in [5.41, 5.74) is 2.08. The van der Waals surface area contributed by atoms with Crippen molar-refractivity contribution in [1.82, 2.24) is 5.32 Å². The fraction of sp³-hybridized carbons (Fsp3) is 0.269. The summed E-state index contributed by atoms with van der Waals surface area (Å²) >= 11 is 14.0. The van der Waals surface area contributed by atoms with Crippen LogP contribution in [0.25, 0.3) is 0 Å². The Labute approximate surface area is 227 Å². The molecular weight excluding hydrogens is 539 g/mol. The van der Waals surface area contributed by atoms with E-state index in [1.165, 1.54) is 12.1 Å². The van der Waals surface area contributed by atoms with Gasteiger partial charge in [-0.05, 0) is 55.8 Å². The van der Waals surface area contributed by atoms with Gasteiger partial charge in [0.2, 0.25) is 5.91 Å². The number of para-hydroxylation sites is 2. The summed E-state index contributed by atoms with van der Waals surface area (Å²) in [6.07, 6.45) is 0. The summed E-state index contributed by atoms with van der Waals surface area (Å²) in [4.78, 5) is 13.0. The Kier molecular flexibility index (Phi) is 10.4. The first-order chi connectivity index (χ1) is 17.2. The molecule has 36 heavy (non-hydrogen) atoms. The standard InChI is InChI=1S/C26H28Cl2N2O4S2/c1-3-34-25-10-5-4-9-24(25)30(36(32,33)20-13-11-19(2)12-14-20)17-26(31)29-15-16-35-18-21-22(27)7-6-8-23(21)28/h4-14H,3,15-18H2,1-2H3,(H,29,31). The number of anilines is 1. The Morgan fingerprint density at radius 3 is 2.33 bits per heavy atom. The van der Waals surface area contributed by atoms with Gasteiger partial charge in [0.05, 0.1) is 17.2 Å². The van der Waals surface area contributed by atoms with Crippen molar-refractivity contribution in [3.63, 3.8) is 0 Å². The number of nitrogens with zero attached hydrogens (tertiary/aromatic N) is 1. The molecular formula is C26H28Cl2N2O4S2. The van der Waals surface area contributed by atoms with Crippen LogP contribution in [-0.2, 0) is 20.6 Å². The van der Waals surface area contributed by atoms with Crippen molar-refractivity contribution in [3.05, 3.63) is 87.9 Å². The lowest BCUT2D eigenvalue weighted by Crippen LogP contribution is -2.41. The first-order valence-electron chi connectivity index (χ1n) is 11.3. The minimum Gasteiger partial charge on any atom is -0.492 e. The van der Waals surface area contributed by atoms with Crippen LogP contribution in [0.3, 0.4) is 0 Å². The van der Waals surface area contributed by atoms with Gasteiger partial charge < -0.3 is 10.1 Å². The number of hydrogen-bond donors (Lipinski definition) is 1. The molecule has 0 saturated heterocycles. The maximum Gasteiger partial charge on any atom is 0.264 e. The number of halogens is 2. The Bertz CT molecular complexity index is 1270. The lowest BCUT2D eigenvalue weighted by atomic mass is 10.2.